The summed E-state index contributed by atoms with van der Waals surface area (Å²) >= 11 is 9.78. The average Bonchev–Trinajstić information content (AvgIpc) is 2.83. The predicted molar refractivity (Wildman–Crippen MR) is 86.2 cm³/mol. The molecule has 2 nitrogen and oxygen atoms in total. The lowest BCUT2D eigenvalue weighted by Crippen LogP contribution is -2.08. The van der Waals surface area contributed by atoms with Crippen molar-refractivity contribution in [1.82, 2.24) is 0 Å². The standard InChI is InChI=1S/C13H9ClINOS/c14-11-8-9(15)3-5-12(11)16-13(17)6-4-10-2-1-7-18-10/h1-8H,(H,16,17)/b6-4+. The molecule has 0 aliphatic rings. The van der Waals surface area contributed by atoms with Crippen LogP contribution in [0.3, 0.4) is 0 Å². The maximum atomic E-state index is 11.7. The Morgan fingerprint density at radius 1 is 1.39 bits per heavy atom. The minimum atomic E-state index is -0.188. The fourth-order valence-corrected chi connectivity index (χ4v) is 2.83. The van der Waals surface area contributed by atoms with E-state index < -0.39 is 0 Å². The number of nitrogens with one attached hydrogen (secondary N) is 1. The molecule has 1 heterocycles. The summed E-state index contributed by atoms with van der Waals surface area (Å²) in [5.41, 5.74) is 0.623. The van der Waals surface area contributed by atoms with E-state index in [1.54, 1.807) is 29.5 Å². The predicted octanol–water partition coefficient (Wildman–Crippen LogP) is 4.66. The van der Waals surface area contributed by atoms with Gasteiger partial charge in [-0.1, -0.05) is 17.7 Å². The number of halogens is 2. The van der Waals surface area contributed by atoms with Crippen LogP contribution in [0.1, 0.15) is 4.88 Å². The Hall–Kier alpha value is -0.850. The third-order valence-electron chi connectivity index (χ3n) is 2.13. The quantitative estimate of drug-likeness (QED) is 0.600. The molecule has 2 aromatic rings. The molecule has 0 aliphatic carbocycles. The highest BCUT2D eigenvalue weighted by Crippen LogP contribution is 2.23. The molecule has 0 saturated carbocycles. The van der Waals surface area contributed by atoms with Crippen molar-refractivity contribution >= 4 is 63.2 Å². The number of carbonyl (C=O) groups is 1. The molecule has 1 N–H and O–H groups in total. The zero-order valence-electron chi connectivity index (χ0n) is 9.19. The molecule has 1 aromatic heterocycles. The lowest BCUT2D eigenvalue weighted by Gasteiger charge is -2.04. The van der Waals surface area contributed by atoms with Gasteiger partial charge >= 0.3 is 0 Å². The van der Waals surface area contributed by atoms with E-state index >= 15 is 0 Å². The summed E-state index contributed by atoms with van der Waals surface area (Å²) in [6, 6.07) is 9.39. The zero-order valence-corrected chi connectivity index (χ0v) is 12.9. The van der Waals surface area contributed by atoms with Crippen molar-refractivity contribution in [3.8, 4) is 0 Å². The van der Waals surface area contributed by atoms with Crippen LogP contribution in [0.4, 0.5) is 5.69 Å². The highest BCUT2D eigenvalue weighted by Gasteiger charge is 2.03. The van der Waals surface area contributed by atoms with E-state index in [0.717, 1.165) is 8.45 Å². The molecule has 0 radical (unpaired) electrons. The molecule has 92 valence electrons. The van der Waals surface area contributed by atoms with E-state index in [2.05, 4.69) is 27.9 Å². The molecule has 0 fully saturated rings. The number of hydrogen-bond donors (Lipinski definition) is 1. The zero-order chi connectivity index (χ0) is 13.0. The number of rotatable bonds is 3. The number of benzene rings is 1. The first-order chi connectivity index (χ1) is 8.65. The van der Waals surface area contributed by atoms with E-state index in [9.17, 15) is 4.79 Å². The molecule has 1 aromatic carbocycles. The van der Waals surface area contributed by atoms with Crippen molar-refractivity contribution in [2.24, 2.45) is 0 Å². The molecule has 0 atom stereocenters. The highest BCUT2D eigenvalue weighted by molar-refractivity contribution is 14.1. The molecule has 5 heteroatoms. The largest absolute Gasteiger partial charge is 0.321 e. The molecule has 2 rings (SSSR count). The lowest BCUT2D eigenvalue weighted by atomic mass is 10.3. The minimum absolute atomic E-state index is 0.188. The van der Waals surface area contributed by atoms with Crippen LogP contribution in [0.5, 0.6) is 0 Å². The summed E-state index contributed by atoms with van der Waals surface area (Å²) in [5.74, 6) is -0.188. The van der Waals surface area contributed by atoms with Gasteiger partial charge in [0.05, 0.1) is 10.7 Å². The van der Waals surface area contributed by atoms with Crippen LogP contribution in [0.25, 0.3) is 6.08 Å². The number of carbonyl (C=O) groups excluding carboxylic acids is 1. The molecule has 0 saturated heterocycles. The Labute approximate surface area is 128 Å². The van der Waals surface area contributed by atoms with Gasteiger partial charge in [0.2, 0.25) is 5.91 Å². The van der Waals surface area contributed by atoms with Crippen LogP contribution < -0.4 is 5.32 Å². The summed E-state index contributed by atoms with van der Waals surface area (Å²) in [6.45, 7) is 0. The maximum absolute atomic E-state index is 11.7. The smallest absolute Gasteiger partial charge is 0.248 e. The molecule has 0 aliphatic heterocycles. The summed E-state index contributed by atoms with van der Waals surface area (Å²) < 4.78 is 1.03. The van der Waals surface area contributed by atoms with Crippen LogP contribution in [0, 0.1) is 3.57 Å². The Bertz CT molecular complexity index is 581. The molecule has 0 spiro atoms. The van der Waals surface area contributed by atoms with Gasteiger partial charge in [0.1, 0.15) is 0 Å². The first kappa shape index (κ1) is 13.6. The molecule has 1 amide bonds. The topological polar surface area (TPSA) is 29.1 Å². The molecular formula is C13H9ClINOS. The Morgan fingerprint density at radius 3 is 2.89 bits per heavy atom. The fourth-order valence-electron chi connectivity index (χ4n) is 1.31. The van der Waals surface area contributed by atoms with Crippen molar-refractivity contribution in [3.63, 3.8) is 0 Å². The highest BCUT2D eigenvalue weighted by atomic mass is 127. The summed E-state index contributed by atoms with van der Waals surface area (Å²) in [4.78, 5) is 12.7. The number of thiophene rings is 1. The summed E-state index contributed by atoms with van der Waals surface area (Å²) in [6.07, 6.45) is 3.28. The fraction of sp³-hybridized carbons (Fsp3) is 0. The Kier molecular flexibility index (Phi) is 4.79. The van der Waals surface area contributed by atoms with Crippen molar-refractivity contribution in [3.05, 3.63) is 55.3 Å². The van der Waals surface area contributed by atoms with Gasteiger partial charge in [0, 0.05) is 14.5 Å². The van der Waals surface area contributed by atoms with E-state index in [1.807, 2.05) is 23.6 Å². The average molecular weight is 390 g/mol. The lowest BCUT2D eigenvalue weighted by molar-refractivity contribution is -0.111. The van der Waals surface area contributed by atoms with Crippen LogP contribution in [0.15, 0.2) is 41.8 Å². The third-order valence-corrected chi connectivity index (χ3v) is 3.95. The van der Waals surface area contributed by atoms with Crippen LogP contribution >= 0.6 is 45.5 Å². The normalized spacial score (nSPS) is 10.8. The van der Waals surface area contributed by atoms with Gasteiger partial charge in [0.25, 0.3) is 0 Å². The van der Waals surface area contributed by atoms with Gasteiger partial charge in [0.15, 0.2) is 0 Å². The van der Waals surface area contributed by atoms with Crippen molar-refractivity contribution in [1.29, 1.82) is 0 Å². The summed E-state index contributed by atoms with van der Waals surface area (Å²) in [7, 11) is 0. The van der Waals surface area contributed by atoms with E-state index in [-0.39, 0.29) is 5.91 Å². The van der Waals surface area contributed by atoms with Gasteiger partial charge in [-0.3, -0.25) is 4.79 Å². The SMILES string of the molecule is O=C(/C=C/c1cccs1)Nc1ccc(I)cc1Cl. The number of anilines is 1. The molecule has 0 bridgehead atoms. The minimum Gasteiger partial charge on any atom is -0.321 e. The van der Waals surface area contributed by atoms with Gasteiger partial charge in [-0.2, -0.15) is 0 Å². The van der Waals surface area contributed by atoms with E-state index in [1.165, 1.54) is 6.08 Å². The molecular weight excluding hydrogens is 381 g/mol. The maximum Gasteiger partial charge on any atom is 0.248 e. The van der Waals surface area contributed by atoms with Gasteiger partial charge in [-0.25, -0.2) is 0 Å². The number of amides is 1. The van der Waals surface area contributed by atoms with E-state index in [0.29, 0.717) is 10.7 Å². The van der Waals surface area contributed by atoms with Crippen molar-refractivity contribution in [2.75, 3.05) is 5.32 Å². The van der Waals surface area contributed by atoms with Crippen molar-refractivity contribution < 1.29 is 4.79 Å². The monoisotopic (exact) mass is 389 g/mol. The van der Waals surface area contributed by atoms with Crippen LogP contribution in [0.2, 0.25) is 5.02 Å². The Morgan fingerprint density at radius 2 is 2.22 bits per heavy atom. The van der Waals surface area contributed by atoms with Crippen LogP contribution in [-0.4, -0.2) is 5.91 Å². The second kappa shape index (κ2) is 6.36. The second-order valence-electron chi connectivity index (χ2n) is 3.46. The van der Waals surface area contributed by atoms with Gasteiger partial charge in [-0.05, 0) is 58.3 Å². The summed E-state index contributed by atoms with van der Waals surface area (Å²) in [5, 5.41) is 5.25. The molecule has 0 unspecified atom stereocenters. The van der Waals surface area contributed by atoms with Gasteiger partial charge < -0.3 is 5.32 Å². The van der Waals surface area contributed by atoms with Crippen LogP contribution in [-0.2, 0) is 4.79 Å². The van der Waals surface area contributed by atoms with Gasteiger partial charge in [-0.15, -0.1) is 11.3 Å². The number of hydrogen-bond acceptors (Lipinski definition) is 2. The Balaban J connectivity index is 2.03. The van der Waals surface area contributed by atoms with E-state index in [4.69, 9.17) is 11.6 Å². The third kappa shape index (κ3) is 3.83. The first-order valence-electron chi connectivity index (χ1n) is 5.13. The molecule has 18 heavy (non-hydrogen) atoms. The second-order valence-corrected chi connectivity index (χ2v) is 6.09. The van der Waals surface area contributed by atoms with Crippen molar-refractivity contribution in [2.45, 2.75) is 0 Å². The first-order valence-corrected chi connectivity index (χ1v) is 7.46.